The molecule has 1 rings (SSSR count). The van der Waals surface area contributed by atoms with Gasteiger partial charge in [-0.2, -0.15) is 0 Å². The summed E-state index contributed by atoms with van der Waals surface area (Å²) in [6.45, 7) is 3.78. The molecular formula is C10H11NO3S. The van der Waals surface area contributed by atoms with E-state index in [1.54, 1.807) is 0 Å². The number of nitrogens with one attached hydrogen (secondary N) is 1. The molecule has 80 valence electrons. The molecule has 4 nitrogen and oxygen atoms in total. The van der Waals surface area contributed by atoms with Crippen LogP contribution in [0.1, 0.15) is 0 Å². The first-order chi connectivity index (χ1) is 7.20. The van der Waals surface area contributed by atoms with Crippen LogP contribution in [-0.4, -0.2) is 35.5 Å². The Labute approximate surface area is 92.4 Å². The minimum atomic E-state index is -0.386. The summed E-state index contributed by atoms with van der Waals surface area (Å²) in [6.07, 6.45) is 6.47. The third-order valence-corrected chi connectivity index (χ3v) is 2.91. The summed E-state index contributed by atoms with van der Waals surface area (Å²) >= 11 is 1.26. The lowest BCUT2D eigenvalue weighted by Gasteiger charge is -1.99. The molecule has 0 unspecified atom stereocenters. The van der Waals surface area contributed by atoms with Crippen LogP contribution in [0.4, 0.5) is 0 Å². The number of rotatable bonds is 5. The molecule has 5 heteroatoms. The van der Waals surface area contributed by atoms with Gasteiger partial charge in [0, 0.05) is 0 Å². The fourth-order valence-electron chi connectivity index (χ4n) is 0.953. The molecule has 1 saturated heterocycles. The van der Waals surface area contributed by atoms with E-state index in [1.807, 2.05) is 0 Å². The number of esters is 1. The van der Waals surface area contributed by atoms with Crippen molar-refractivity contribution >= 4 is 23.6 Å². The first kappa shape index (κ1) is 11.7. The molecule has 1 amide bonds. The maximum absolute atomic E-state index is 11.3. The van der Waals surface area contributed by atoms with Crippen molar-refractivity contribution < 1.29 is 14.3 Å². The van der Waals surface area contributed by atoms with Gasteiger partial charge in [0.1, 0.15) is 17.1 Å². The Bertz CT molecular complexity index is 321. The van der Waals surface area contributed by atoms with Crippen molar-refractivity contribution in [1.82, 2.24) is 5.32 Å². The molecule has 0 spiro atoms. The Kier molecular flexibility index (Phi) is 4.25. The van der Waals surface area contributed by atoms with E-state index < -0.39 is 0 Å². The number of thioether (sulfide) groups is 1. The predicted octanol–water partition coefficient (Wildman–Crippen LogP) is -0.0510. The van der Waals surface area contributed by atoms with Crippen molar-refractivity contribution in [3.63, 3.8) is 0 Å². The summed E-state index contributed by atoms with van der Waals surface area (Å²) in [5.41, 5.74) is 0. The van der Waals surface area contributed by atoms with Crippen molar-refractivity contribution in [2.24, 2.45) is 0 Å². The molecule has 0 aromatic carbocycles. The normalized spacial score (nSPS) is 22.3. The molecule has 0 aromatic heterocycles. The van der Waals surface area contributed by atoms with Crippen LogP contribution in [-0.2, 0) is 14.3 Å². The van der Waals surface area contributed by atoms with E-state index in [0.29, 0.717) is 0 Å². The monoisotopic (exact) mass is 225 g/mol. The Hall–Kier alpha value is -1.41. The van der Waals surface area contributed by atoms with Crippen LogP contribution in [0.5, 0.6) is 0 Å². The van der Waals surface area contributed by atoms with E-state index in [4.69, 9.17) is 11.2 Å². The quantitative estimate of drug-likeness (QED) is 0.308. The zero-order valence-corrected chi connectivity index (χ0v) is 8.88. The van der Waals surface area contributed by atoms with Crippen LogP contribution < -0.4 is 5.32 Å². The van der Waals surface area contributed by atoms with Gasteiger partial charge in [0.15, 0.2) is 0 Å². The summed E-state index contributed by atoms with van der Waals surface area (Å²) in [7, 11) is 0. The van der Waals surface area contributed by atoms with Crippen LogP contribution in [0.2, 0.25) is 0 Å². The van der Waals surface area contributed by atoms with Crippen LogP contribution in [0.15, 0.2) is 12.7 Å². The van der Waals surface area contributed by atoms with Gasteiger partial charge in [0.2, 0.25) is 5.91 Å². The third kappa shape index (κ3) is 3.33. The Morgan fingerprint density at radius 1 is 1.60 bits per heavy atom. The highest BCUT2D eigenvalue weighted by Gasteiger charge is 2.50. The molecular weight excluding hydrogens is 214 g/mol. The van der Waals surface area contributed by atoms with Gasteiger partial charge in [0.25, 0.3) is 0 Å². The SMILES string of the molecule is C#CCNC(=O)[C@@H]1S[C@H]1C(=O)OCC=C. The van der Waals surface area contributed by atoms with Crippen molar-refractivity contribution in [2.45, 2.75) is 10.5 Å². The summed E-state index contributed by atoms with van der Waals surface area (Å²) in [4.78, 5) is 22.5. The number of ether oxygens (including phenoxy) is 1. The summed E-state index contributed by atoms with van der Waals surface area (Å²) in [5, 5.41) is 1.77. The van der Waals surface area contributed by atoms with Crippen LogP contribution in [0.25, 0.3) is 0 Å². The van der Waals surface area contributed by atoms with Gasteiger partial charge < -0.3 is 10.1 Å². The molecule has 1 fully saturated rings. The summed E-state index contributed by atoms with van der Waals surface area (Å²) < 4.78 is 4.80. The van der Waals surface area contributed by atoms with Crippen molar-refractivity contribution in [3.8, 4) is 12.3 Å². The van der Waals surface area contributed by atoms with Crippen molar-refractivity contribution in [2.75, 3.05) is 13.2 Å². The molecule has 0 saturated carbocycles. The first-order valence-corrected chi connectivity index (χ1v) is 5.29. The highest BCUT2D eigenvalue weighted by Crippen LogP contribution is 2.42. The second-order valence-corrected chi connectivity index (χ2v) is 4.11. The molecule has 1 aliphatic rings. The van der Waals surface area contributed by atoms with E-state index in [1.165, 1.54) is 17.8 Å². The highest BCUT2D eigenvalue weighted by atomic mass is 32.2. The van der Waals surface area contributed by atoms with Gasteiger partial charge in [-0.05, 0) is 0 Å². The zero-order valence-electron chi connectivity index (χ0n) is 8.06. The topological polar surface area (TPSA) is 55.4 Å². The fourth-order valence-corrected chi connectivity index (χ4v) is 1.80. The molecule has 0 bridgehead atoms. The molecule has 1 aliphatic heterocycles. The Morgan fingerprint density at radius 2 is 2.33 bits per heavy atom. The second-order valence-electron chi connectivity index (χ2n) is 2.82. The van der Waals surface area contributed by atoms with E-state index in [0.717, 1.165) is 0 Å². The van der Waals surface area contributed by atoms with Crippen molar-refractivity contribution in [1.29, 1.82) is 0 Å². The Balaban J connectivity index is 2.27. The number of hydrogen-bond donors (Lipinski definition) is 1. The first-order valence-electron chi connectivity index (χ1n) is 4.35. The van der Waals surface area contributed by atoms with E-state index in [9.17, 15) is 9.59 Å². The molecule has 2 atom stereocenters. The molecule has 1 N–H and O–H groups in total. The molecule has 1 heterocycles. The van der Waals surface area contributed by atoms with Crippen molar-refractivity contribution in [3.05, 3.63) is 12.7 Å². The van der Waals surface area contributed by atoms with E-state index in [-0.39, 0.29) is 35.5 Å². The molecule has 0 aliphatic carbocycles. The standard InChI is InChI=1S/C10H11NO3S/c1-3-5-11-9(12)7-8(15-7)10(13)14-6-4-2/h1,4,7-8H,2,5-6H2,(H,11,12)/t7-,8-/m1/s1. The van der Waals surface area contributed by atoms with Gasteiger partial charge in [-0.25, -0.2) is 0 Å². The summed E-state index contributed by atoms with van der Waals surface area (Å²) in [5.74, 6) is 1.70. The predicted molar refractivity (Wildman–Crippen MR) is 58.2 cm³/mol. The average molecular weight is 225 g/mol. The van der Waals surface area contributed by atoms with Gasteiger partial charge >= 0.3 is 5.97 Å². The van der Waals surface area contributed by atoms with Gasteiger partial charge in [-0.15, -0.1) is 18.2 Å². The number of hydrogen-bond acceptors (Lipinski definition) is 4. The number of carbonyl (C=O) groups excluding carboxylic acids is 2. The van der Waals surface area contributed by atoms with Crippen LogP contribution in [0, 0.1) is 12.3 Å². The maximum atomic E-state index is 11.3. The zero-order chi connectivity index (χ0) is 11.3. The maximum Gasteiger partial charge on any atom is 0.321 e. The number of amides is 1. The summed E-state index contributed by atoms with van der Waals surface area (Å²) in [6, 6.07) is 0. The number of terminal acetylenes is 1. The molecule has 0 aromatic rings. The highest BCUT2D eigenvalue weighted by molar-refractivity contribution is 8.09. The molecule has 0 radical (unpaired) electrons. The minimum Gasteiger partial charge on any atom is -0.461 e. The van der Waals surface area contributed by atoms with Crippen LogP contribution >= 0.6 is 11.8 Å². The molecule has 15 heavy (non-hydrogen) atoms. The van der Waals surface area contributed by atoms with Gasteiger partial charge in [-0.1, -0.05) is 18.6 Å². The Morgan fingerprint density at radius 3 is 2.93 bits per heavy atom. The largest absolute Gasteiger partial charge is 0.461 e. The van der Waals surface area contributed by atoms with E-state index in [2.05, 4.69) is 17.8 Å². The second kappa shape index (κ2) is 5.47. The fraction of sp³-hybridized carbons (Fsp3) is 0.400. The smallest absolute Gasteiger partial charge is 0.321 e. The lowest BCUT2D eigenvalue weighted by atomic mass is 10.3. The number of carbonyl (C=O) groups is 2. The van der Waals surface area contributed by atoms with Gasteiger partial charge in [-0.3, -0.25) is 9.59 Å². The van der Waals surface area contributed by atoms with Crippen LogP contribution in [0.3, 0.4) is 0 Å². The lowest BCUT2D eigenvalue weighted by molar-refractivity contribution is -0.141. The van der Waals surface area contributed by atoms with Gasteiger partial charge in [0.05, 0.1) is 6.54 Å². The third-order valence-electron chi connectivity index (χ3n) is 1.69. The average Bonchev–Trinajstić information content (AvgIpc) is 3.02. The minimum absolute atomic E-state index is 0.175. The van der Waals surface area contributed by atoms with E-state index >= 15 is 0 Å². The lowest BCUT2D eigenvalue weighted by Crippen LogP contribution is -2.30.